The zero-order chi connectivity index (χ0) is 9.54. The molecule has 0 bridgehead atoms. The van der Waals surface area contributed by atoms with Gasteiger partial charge in [-0.05, 0) is 44.2 Å². The summed E-state index contributed by atoms with van der Waals surface area (Å²) in [4.78, 5) is 2.53. The summed E-state index contributed by atoms with van der Waals surface area (Å²) >= 11 is 0. The molecule has 0 amide bonds. The lowest BCUT2D eigenvalue weighted by molar-refractivity contribution is 0.143. The van der Waals surface area contributed by atoms with E-state index >= 15 is 0 Å². The zero-order valence-electron chi connectivity index (χ0n) is 8.65. The van der Waals surface area contributed by atoms with Crippen molar-refractivity contribution in [2.24, 2.45) is 11.8 Å². The number of likely N-dealkylation sites (tertiary alicyclic amines) is 1. The molecule has 0 radical (unpaired) electrons. The molecule has 0 aromatic carbocycles. The van der Waals surface area contributed by atoms with Gasteiger partial charge in [0.2, 0.25) is 0 Å². The minimum absolute atomic E-state index is 0.0524. The fourth-order valence-corrected chi connectivity index (χ4v) is 3.64. The predicted octanol–water partition coefficient (Wildman–Crippen LogP) is 0.0510. The fraction of sp³-hybridized carbons (Fsp3) is 1.00. The van der Waals surface area contributed by atoms with Crippen molar-refractivity contribution in [3.05, 3.63) is 0 Å². The Labute approximate surface area is 85.5 Å². The Kier molecular flexibility index (Phi) is 2.26. The smallest absolute Gasteiger partial charge is 0.0679 e. The molecule has 80 valence electrons. The van der Waals surface area contributed by atoms with Crippen LogP contribution in [0.25, 0.3) is 0 Å². The maximum absolute atomic E-state index is 9.54. The summed E-state index contributed by atoms with van der Waals surface area (Å²) in [6.45, 7) is 4.49. The molecule has 0 spiro atoms. The largest absolute Gasteiger partial charge is 0.392 e. The Bertz CT molecular complexity index is 221. The van der Waals surface area contributed by atoms with Crippen molar-refractivity contribution in [2.45, 2.75) is 31.4 Å². The number of fused-ring (bicyclic) bond motifs is 1. The van der Waals surface area contributed by atoms with E-state index in [0.717, 1.165) is 37.4 Å². The lowest BCUT2D eigenvalue weighted by Gasteiger charge is -2.28. The minimum atomic E-state index is -0.0524. The van der Waals surface area contributed by atoms with E-state index in [0.29, 0.717) is 0 Å². The van der Waals surface area contributed by atoms with Gasteiger partial charge in [-0.2, -0.15) is 0 Å². The molecule has 2 aliphatic heterocycles. The van der Waals surface area contributed by atoms with E-state index in [9.17, 15) is 5.11 Å². The van der Waals surface area contributed by atoms with Crippen molar-refractivity contribution in [1.82, 2.24) is 10.2 Å². The number of nitrogens with one attached hydrogen (secondary N) is 1. The molecule has 3 heteroatoms. The number of hydrogen-bond donors (Lipinski definition) is 2. The van der Waals surface area contributed by atoms with E-state index in [2.05, 4.69) is 10.2 Å². The van der Waals surface area contributed by atoms with Gasteiger partial charge in [0.15, 0.2) is 0 Å². The molecule has 2 saturated heterocycles. The van der Waals surface area contributed by atoms with E-state index in [1.165, 1.54) is 25.9 Å². The average Bonchev–Trinajstić information content (AvgIpc) is 2.77. The van der Waals surface area contributed by atoms with Crippen molar-refractivity contribution >= 4 is 0 Å². The third-order valence-corrected chi connectivity index (χ3v) is 4.38. The second-order valence-corrected chi connectivity index (χ2v) is 5.16. The van der Waals surface area contributed by atoms with Crippen molar-refractivity contribution in [3.63, 3.8) is 0 Å². The van der Waals surface area contributed by atoms with Crippen molar-refractivity contribution in [3.8, 4) is 0 Å². The van der Waals surface area contributed by atoms with E-state index in [4.69, 9.17) is 0 Å². The number of aliphatic hydroxyl groups excluding tert-OH is 1. The van der Waals surface area contributed by atoms with E-state index in [1.807, 2.05) is 0 Å². The van der Waals surface area contributed by atoms with Crippen LogP contribution in [-0.2, 0) is 0 Å². The molecule has 4 atom stereocenters. The highest BCUT2D eigenvalue weighted by atomic mass is 16.3. The zero-order valence-corrected chi connectivity index (χ0v) is 8.65. The summed E-state index contributed by atoms with van der Waals surface area (Å²) in [7, 11) is 0. The first-order chi connectivity index (χ1) is 6.84. The minimum Gasteiger partial charge on any atom is -0.392 e. The van der Waals surface area contributed by atoms with Crippen LogP contribution in [0, 0.1) is 11.8 Å². The van der Waals surface area contributed by atoms with Crippen LogP contribution in [0.2, 0.25) is 0 Å². The molecule has 3 aliphatic rings. The van der Waals surface area contributed by atoms with E-state index in [1.54, 1.807) is 0 Å². The van der Waals surface area contributed by atoms with Gasteiger partial charge in [-0.1, -0.05) is 0 Å². The second-order valence-electron chi connectivity index (χ2n) is 5.16. The first-order valence-corrected chi connectivity index (χ1v) is 5.97. The van der Waals surface area contributed by atoms with Crippen LogP contribution in [-0.4, -0.2) is 48.3 Å². The number of nitrogens with zero attached hydrogens (tertiary/aromatic N) is 1. The average molecular weight is 196 g/mol. The highest BCUT2D eigenvalue weighted by molar-refractivity contribution is 4.98. The van der Waals surface area contributed by atoms with E-state index < -0.39 is 0 Å². The van der Waals surface area contributed by atoms with Crippen LogP contribution in [0.3, 0.4) is 0 Å². The number of rotatable bonds is 1. The highest BCUT2D eigenvalue weighted by Gasteiger charge is 2.43. The number of β-amino-alcohol motifs (C(OH)–C–C–N with tert-alkyl or cyclic N) is 1. The Balaban J connectivity index is 1.67. The molecule has 2 N–H and O–H groups in total. The molecule has 3 nitrogen and oxygen atoms in total. The Hall–Kier alpha value is -0.120. The topological polar surface area (TPSA) is 35.5 Å². The maximum Gasteiger partial charge on any atom is 0.0679 e. The Morgan fingerprint density at radius 3 is 2.86 bits per heavy atom. The summed E-state index contributed by atoms with van der Waals surface area (Å²) in [6, 6.07) is 0.771. The fourth-order valence-electron chi connectivity index (χ4n) is 3.64. The molecule has 1 saturated carbocycles. The molecule has 3 fully saturated rings. The Morgan fingerprint density at radius 2 is 2.07 bits per heavy atom. The first kappa shape index (κ1) is 9.13. The van der Waals surface area contributed by atoms with Crippen LogP contribution in [0.5, 0.6) is 0 Å². The third-order valence-electron chi connectivity index (χ3n) is 4.38. The first-order valence-electron chi connectivity index (χ1n) is 5.97. The SMILES string of the molecule is OC1CCN(C2CCC3CNCC32)C1. The summed E-state index contributed by atoms with van der Waals surface area (Å²) in [5.74, 6) is 1.80. The predicted molar refractivity (Wildman–Crippen MR) is 55.1 cm³/mol. The molecular formula is C11H20N2O. The second kappa shape index (κ2) is 3.47. The summed E-state index contributed by atoms with van der Waals surface area (Å²) in [6.07, 6.45) is 3.70. The summed E-state index contributed by atoms with van der Waals surface area (Å²) in [5.41, 5.74) is 0. The standard InChI is InChI=1S/C11H20N2O/c14-9-3-4-13(7-9)11-2-1-8-5-12-6-10(8)11/h8-12,14H,1-7H2. The Morgan fingerprint density at radius 1 is 1.14 bits per heavy atom. The maximum atomic E-state index is 9.54. The van der Waals surface area contributed by atoms with Crippen molar-refractivity contribution < 1.29 is 5.11 Å². The normalized spacial score (nSPS) is 48.6. The molecule has 4 unspecified atom stereocenters. The van der Waals surface area contributed by atoms with Gasteiger partial charge >= 0.3 is 0 Å². The monoisotopic (exact) mass is 196 g/mol. The van der Waals surface area contributed by atoms with Gasteiger partial charge in [0.05, 0.1) is 6.10 Å². The van der Waals surface area contributed by atoms with E-state index in [-0.39, 0.29) is 6.10 Å². The quantitative estimate of drug-likeness (QED) is 0.622. The van der Waals surface area contributed by atoms with Crippen LogP contribution in [0.1, 0.15) is 19.3 Å². The van der Waals surface area contributed by atoms with Crippen LogP contribution in [0.4, 0.5) is 0 Å². The molecule has 2 heterocycles. The van der Waals surface area contributed by atoms with Crippen LogP contribution in [0.15, 0.2) is 0 Å². The molecule has 14 heavy (non-hydrogen) atoms. The van der Waals surface area contributed by atoms with Gasteiger partial charge < -0.3 is 10.4 Å². The molecule has 0 aromatic heterocycles. The molecule has 3 rings (SSSR count). The van der Waals surface area contributed by atoms with Crippen LogP contribution >= 0.6 is 0 Å². The van der Waals surface area contributed by atoms with Crippen molar-refractivity contribution in [1.29, 1.82) is 0 Å². The van der Waals surface area contributed by atoms with Crippen molar-refractivity contribution in [2.75, 3.05) is 26.2 Å². The lowest BCUT2D eigenvalue weighted by atomic mass is 9.97. The molecule has 1 aliphatic carbocycles. The van der Waals surface area contributed by atoms with Gasteiger partial charge in [0, 0.05) is 19.1 Å². The van der Waals surface area contributed by atoms with Gasteiger partial charge in [-0.25, -0.2) is 0 Å². The summed E-state index contributed by atoms with van der Waals surface area (Å²) < 4.78 is 0. The van der Waals surface area contributed by atoms with Gasteiger partial charge in [0.1, 0.15) is 0 Å². The van der Waals surface area contributed by atoms with Gasteiger partial charge in [-0.15, -0.1) is 0 Å². The number of hydrogen-bond acceptors (Lipinski definition) is 3. The van der Waals surface area contributed by atoms with Gasteiger partial charge in [-0.3, -0.25) is 4.90 Å². The van der Waals surface area contributed by atoms with Gasteiger partial charge in [0.25, 0.3) is 0 Å². The van der Waals surface area contributed by atoms with Crippen LogP contribution < -0.4 is 5.32 Å². The summed E-state index contributed by atoms with van der Waals surface area (Å²) in [5, 5.41) is 13.0. The lowest BCUT2D eigenvalue weighted by Crippen LogP contribution is -2.38. The highest BCUT2D eigenvalue weighted by Crippen LogP contribution is 2.38. The number of aliphatic hydroxyl groups is 1. The third kappa shape index (κ3) is 1.38. The molecular weight excluding hydrogens is 176 g/mol. The molecule has 0 aromatic rings.